The Bertz CT molecular complexity index is 475. The molecule has 1 heterocycles. The van der Waals surface area contributed by atoms with E-state index < -0.39 is 9.84 Å². The molecule has 18 heavy (non-hydrogen) atoms. The summed E-state index contributed by atoms with van der Waals surface area (Å²) in [6.45, 7) is 2.56. The summed E-state index contributed by atoms with van der Waals surface area (Å²) in [5, 5.41) is 3.32. The molecular weight excluding hydrogens is 250 g/mol. The molecule has 1 atom stereocenters. The number of hydrogen-bond acceptors (Lipinski definition) is 4. The Kier molecular flexibility index (Phi) is 4.24. The van der Waals surface area contributed by atoms with Gasteiger partial charge in [0.25, 0.3) is 0 Å². The van der Waals surface area contributed by atoms with Gasteiger partial charge in [0.05, 0.1) is 11.5 Å². The van der Waals surface area contributed by atoms with Crippen molar-refractivity contribution in [2.45, 2.75) is 17.7 Å². The van der Waals surface area contributed by atoms with Gasteiger partial charge in [0.15, 0.2) is 9.84 Å². The van der Waals surface area contributed by atoms with E-state index in [0.29, 0.717) is 10.8 Å². The first-order chi connectivity index (χ1) is 8.55. The molecule has 5 heteroatoms. The topological polar surface area (TPSA) is 55.4 Å². The first kappa shape index (κ1) is 13.4. The molecule has 100 valence electrons. The third-order valence-electron chi connectivity index (χ3n) is 3.13. The lowest BCUT2D eigenvalue weighted by Gasteiger charge is -2.22. The maximum Gasteiger partial charge on any atom is 0.175 e. The van der Waals surface area contributed by atoms with Crippen molar-refractivity contribution < 1.29 is 13.2 Å². The quantitative estimate of drug-likeness (QED) is 0.907. The van der Waals surface area contributed by atoms with Gasteiger partial charge in [0.2, 0.25) is 0 Å². The largest absolute Gasteiger partial charge is 0.385 e. The van der Waals surface area contributed by atoms with Gasteiger partial charge in [-0.15, -0.1) is 0 Å². The summed E-state index contributed by atoms with van der Waals surface area (Å²) in [6.07, 6.45) is 3.53. The molecule has 0 saturated carbocycles. The maximum absolute atomic E-state index is 11.3. The van der Waals surface area contributed by atoms with E-state index in [1.165, 1.54) is 12.7 Å². The zero-order valence-electron chi connectivity index (χ0n) is 10.6. The molecule has 0 aliphatic carbocycles. The van der Waals surface area contributed by atoms with Gasteiger partial charge in [-0.3, -0.25) is 0 Å². The van der Waals surface area contributed by atoms with E-state index in [-0.39, 0.29) is 0 Å². The molecule has 1 aromatic carbocycles. The van der Waals surface area contributed by atoms with E-state index in [2.05, 4.69) is 5.32 Å². The van der Waals surface area contributed by atoms with Crippen LogP contribution in [0.4, 0.5) is 5.69 Å². The fourth-order valence-corrected chi connectivity index (χ4v) is 2.68. The maximum atomic E-state index is 11.3. The highest BCUT2D eigenvalue weighted by atomic mass is 32.2. The molecule has 0 spiro atoms. The zero-order valence-corrected chi connectivity index (χ0v) is 11.4. The predicted molar refractivity (Wildman–Crippen MR) is 71.6 cm³/mol. The van der Waals surface area contributed by atoms with Crippen molar-refractivity contribution in [3.8, 4) is 0 Å². The second kappa shape index (κ2) is 5.71. The van der Waals surface area contributed by atoms with Gasteiger partial charge in [-0.05, 0) is 43.0 Å². The van der Waals surface area contributed by atoms with Crippen LogP contribution in [0.15, 0.2) is 29.2 Å². The van der Waals surface area contributed by atoms with Crippen molar-refractivity contribution in [1.82, 2.24) is 0 Å². The fourth-order valence-electron chi connectivity index (χ4n) is 2.05. The number of hydrogen-bond donors (Lipinski definition) is 1. The molecular formula is C13H19NO3S. The number of benzene rings is 1. The van der Waals surface area contributed by atoms with Gasteiger partial charge in [-0.2, -0.15) is 0 Å². The first-order valence-corrected chi connectivity index (χ1v) is 8.06. The Labute approximate surface area is 108 Å². The number of sulfone groups is 1. The molecule has 1 fully saturated rings. The lowest BCUT2D eigenvalue weighted by atomic mass is 10.0. The van der Waals surface area contributed by atoms with Gasteiger partial charge in [-0.1, -0.05) is 0 Å². The standard InChI is InChI=1S/C13H19NO3S/c1-18(15,16)13-6-4-12(5-7-13)14-9-11-3-2-8-17-10-11/h4-7,11,14H,2-3,8-10H2,1H3. The van der Waals surface area contributed by atoms with E-state index in [9.17, 15) is 8.42 Å². The van der Waals surface area contributed by atoms with Gasteiger partial charge in [-0.25, -0.2) is 8.42 Å². The van der Waals surface area contributed by atoms with Gasteiger partial charge >= 0.3 is 0 Å². The van der Waals surface area contributed by atoms with Crippen LogP contribution in [0.2, 0.25) is 0 Å². The predicted octanol–water partition coefficient (Wildman–Crippen LogP) is 1.93. The van der Waals surface area contributed by atoms with Crippen LogP contribution in [-0.4, -0.2) is 34.4 Å². The van der Waals surface area contributed by atoms with Crippen LogP contribution in [0.1, 0.15) is 12.8 Å². The smallest absolute Gasteiger partial charge is 0.175 e. The van der Waals surface area contributed by atoms with Crippen molar-refractivity contribution in [1.29, 1.82) is 0 Å². The van der Waals surface area contributed by atoms with Crippen molar-refractivity contribution in [3.63, 3.8) is 0 Å². The Morgan fingerprint density at radius 1 is 1.33 bits per heavy atom. The van der Waals surface area contributed by atoms with Crippen LogP contribution in [0.25, 0.3) is 0 Å². The monoisotopic (exact) mass is 269 g/mol. The number of anilines is 1. The molecule has 1 aromatic rings. The molecule has 1 aliphatic heterocycles. The molecule has 0 aromatic heterocycles. The van der Waals surface area contributed by atoms with E-state index in [4.69, 9.17) is 4.74 Å². The Balaban J connectivity index is 1.90. The van der Waals surface area contributed by atoms with Crippen LogP contribution < -0.4 is 5.32 Å². The summed E-state index contributed by atoms with van der Waals surface area (Å²) < 4.78 is 28.0. The molecule has 0 bridgehead atoms. The molecule has 4 nitrogen and oxygen atoms in total. The van der Waals surface area contributed by atoms with E-state index in [1.54, 1.807) is 24.3 Å². The Hall–Kier alpha value is -1.07. The van der Waals surface area contributed by atoms with Crippen LogP contribution in [0.5, 0.6) is 0 Å². The molecule has 2 rings (SSSR count). The minimum Gasteiger partial charge on any atom is -0.385 e. The van der Waals surface area contributed by atoms with E-state index in [1.807, 2.05) is 0 Å². The second-order valence-electron chi connectivity index (χ2n) is 4.76. The molecule has 1 N–H and O–H groups in total. The Morgan fingerprint density at radius 3 is 2.61 bits per heavy atom. The first-order valence-electron chi connectivity index (χ1n) is 6.17. The minimum absolute atomic E-state index is 0.356. The SMILES string of the molecule is CS(=O)(=O)c1ccc(NCC2CCCOC2)cc1. The second-order valence-corrected chi connectivity index (χ2v) is 6.78. The zero-order chi connectivity index (χ0) is 13.0. The number of rotatable bonds is 4. The van der Waals surface area contributed by atoms with Crippen molar-refractivity contribution in [2.75, 3.05) is 31.3 Å². The van der Waals surface area contributed by atoms with Crippen molar-refractivity contribution in [2.24, 2.45) is 5.92 Å². The van der Waals surface area contributed by atoms with E-state index in [0.717, 1.165) is 31.9 Å². The average Bonchev–Trinajstić information content (AvgIpc) is 2.37. The summed E-state index contributed by atoms with van der Waals surface area (Å²) >= 11 is 0. The van der Waals surface area contributed by atoms with Gasteiger partial charge in [0, 0.05) is 25.1 Å². The summed E-state index contributed by atoms with van der Waals surface area (Å²) in [6, 6.07) is 6.88. The van der Waals surface area contributed by atoms with Crippen molar-refractivity contribution in [3.05, 3.63) is 24.3 Å². The molecule has 0 amide bonds. The number of nitrogens with one attached hydrogen (secondary N) is 1. The number of ether oxygens (including phenoxy) is 1. The lowest BCUT2D eigenvalue weighted by Crippen LogP contribution is -2.24. The Morgan fingerprint density at radius 2 is 2.06 bits per heavy atom. The van der Waals surface area contributed by atoms with E-state index >= 15 is 0 Å². The van der Waals surface area contributed by atoms with Crippen LogP contribution in [0, 0.1) is 5.92 Å². The fraction of sp³-hybridized carbons (Fsp3) is 0.538. The average molecular weight is 269 g/mol. The molecule has 1 unspecified atom stereocenters. The van der Waals surface area contributed by atoms with Gasteiger partial charge < -0.3 is 10.1 Å². The van der Waals surface area contributed by atoms with Crippen LogP contribution >= 0.6 is 0 Å². The summed E-state index contributed by atoms with van der Waals surface area (Å²) in [5.41, 5.74) is 0.952. The minimum atomic E-state index is -3.10. The highest BCUT2D eigenvalue weighted by Crippen LogP contribution is 2.17. The molecule has 0 radical (unpaired) electrons. The lowest BCUT2D eigenvalue weighted by molar-refractivity contribution is 0.0595. The third-order valence-corrected chi connectivity index (χ3v) is 4.26. The summed E-state index contributed by atoms with van der Waals surface area (Å²) in [7, 11) is -3.10. The molecule has 1 saturated heterocycles. The van der Waals surface area contributed by atoms with Gasteiger partial charge in [0.1, 0.15) is 0 Å². The molecule has 1 aliphatic rings. The highest BCUT2D eigenvalue weighted by Gasteiger charge is 2.13. The van der Waals surface area contributed by atoms with Crippen molar-refractivity contribution >= 4 is 15.5 Å². The van der Waals surface area contributed by atoms with Crippen LogP contribution in [0.3, 0.4) is 0 Å². The normalized spacial score (nSPS) is 20.6. The summed E-state index contributed by atoms with van der Waals surface area (Å²) in [4.78, 5) is 0.356. The summed E-state index contributed by atoms with van der Waals surface area (Å²) in [5.74, 6) is 0.549. The van der Waals surface area contributed by atoms with Crippen LogP contribution in [-0.2, 0) is 14.6 Å². The third kappa shape index (κ3) is 3.71. The highest BCUT2D eigenvalue weighted by molar-refractivity contribution is 7.90.